The predicted molar refractivity (Wildman–Crippen MR) is 125 cm³/mol. The molecule has 2 aromatic carbocycles. The van der Waals surface area contributed by atoms with E-state index in [9.17, 15) is 9.59 Å². The molecule has 2 rings (SSSR count). The summed E-state index contributed by atoms with van der Waals surface area (Å²) >= 11 is 9.39. The van der Waals surface area contributed by atoms with Gasteiger partial charge >= 0.3 is 0 Å². The van der Waals surface area contributed by atoms with Crippen LogP contribution >= 0.6 is 27.5 Å². The Hall–Kier alpha value is -2.58. The highest BCUT2D eigenvalue weighted by Gasteiger charge is 2.24. The number of carbonyl (C=O) groups is 2. The minimum atomic E-state index is -0.773. The van der Waals surface area contributed by atoms with Crippen LogP contribution in [0.2, 0.25) is 5.02 Å². The molecule has 9 heteroatoms. The van der Waals surface area contributed by atoms with Crippen LogP contribution < -0.4 is 20.2 Å². The molecule has 31 heavy (non-hydrogen) atoms. The van der Waals surface area contributed by atoms with Gasteiger partial charge in [-0.1, -0.05) is 31.5 Å². The van der Waals surface area contributed by atoms with Crippen LogP contribution in [-0.4, -0.2) is 37.8 Å². The summed E-state index contributed by atoms with van der Waals surface area (Å²) in [6, 6.07) is 9.29. The van der Waals surface area contributed by atoms with Crippen molar-refractivity contribution in [2.24, 2.45) is 11.0 Å². The van der Waals surface area contributed by atoms with Gasteiger partial charge in [0.2, 0.25) is 0 Å². The third kappa shape index (κ3) is 6.97. The molecule has 1 unspecified atom stereocenters. The third-order valence-electron chi connectivity index (χ3n) is 4.25. The molecule has 166 valence electrons. The van der Waals surface area contributed by atoms with Crippen molar-refractivity contribution in [2.45, 2.75) is 26.8 Å². The number of hydrazone groups is 1. The van der Waals surface area contributed by atoms with Crippen molar-refractivity contribution < 1.29 is 19.1 Å². The van der Waals surface area contributed by atoms with Gasteiger partial charge in [-0.25, -0.2) is 5.43 Å². The number of nitrogens with one attached hydrogen (secondary N) is 2. The van der Waals surface area contributed by atoms with Crippen molar-refractivity contribution in [1.82, 2.24) is 10.7 Å². The van der Waals surface area contributed by atoms with Gasteiger partial charge in [0, 0.05) is 10.6 Å². The van der Waals surface area contributed by atoms with Gasteiger partial charge < -0.3 is 14.8 Å². The molecule has 2 amide bonds. The van der Waals surface area contributed by atoms with Crippen LogP contribution in [0.3, 0.4) is 0 Å². The van der Waals surface area contributed by atoms with Crippen LogP contribution in [0.5, 0.6) is 11.5 Å². The number of benzene rings is 2. The van der Waals surface area contributed by atoms with Crippen molar-refractivity contribution in [3.63, 3.8) is 0 Å². The predicted octanol–water partition coefficient (Wildman–Crippen LogP) is 4.41. The number of hydrogen-bond donors (Lipinski definition) is 2. The van der Waals surface area contributed by atoms with Crippen molar-refractivity contribution in [3.05, 3.63) is 57.0 Å². The second-order valence-corrected chi connectivity index (χ2v) is 8.20. The highest BCUT2D eigenvalue weighted by molar-refractivity contribution is 9.10. The first-order valence-corrected chi connectivity index (χ1v) is 10.8. The summed E-state index contributed by atoms with van der Waals surface area (Å²) in [7, 11) is 1.54. The number of amides is 2. The minimum absolute atomic E-state index is 0.155. The van der Waals surface area contributed by atoms with E-state index in [4.69, 9.17) is 21.1 Å². The molecule has 0 saturated heterocycles. The van der Waals surface area contributed by atoms with E-state index in [1.54, 1.807) is 43.5 Å². The quantitative estimate of drug-likeness (QED) is 0.386. The standard InChI is InChI=1S/C22H25BrClN3O4/c1-5-31-20-17(23)9-14(10-18(20)30-4)12-25-27-22(29)19(13(2)3)26-21(28)15-7-6-8-16(24)11-15/h6-13,19H,5H2,1-4H3,(H,26,28)(H,27,29). The van der Waals surface area contributed by atoms with Gasteiger partial charge in [0.05, 0.1) is 24.4 Å². The summed E-state index contributed by atoms with van der Waals surface area (Å²) in [5.41, 5.74) is 3.55. The Balaban J connectivity index is 2.08. The fraction of sp³-hybridized carbons (Fsp3) is 0.318. The average Bonchev–Trinajstić information content (AvgIpc) is 2.73. The summed E-state index contributed by atoms with van der Waals surface area (Å²) in [6.07, 6.45) is 1.48. The first kappa shape index (κ1) is 24.7. The summed E-state index contributed by atoms with van der Waals surface area (Å²) in [6.45, 7) is 6.05. The topological polar surface area (TPSA) is 89.0 Å². The molecule has 0 aliphatic heterocycles. The molecule has 1 atom stereocenters. The van der Waals surface area contributed by atoms with E-state index in [-0.39, 0.29) is 11.8 Å². The Morgan fingerprint density at radius 3 is 2.61 bits per heavy atom. The van der Waals surface area contributed by atoms with Crippen molar-refractivity contribution in [2.75, 3.05) is 13.7 Å². The van der Waals surface area contributed by atoms with E-state index >= 15 is 0 Å². The number of nitrogens with zero attached hydrogens (tertiary/aromatic N) is 1. The number of hydrogen-bond acceptors (Lipinski definition) is 5. The maximum atomic E-state index is 12.6. The number of ether oxygens (including phenoxy) is 2. The van der Waals surface area contributed by atoms with E-state index in [2.05, 4.69) is 31.8 Å². The van der Waals surface area contributed by atoms with E-state index in [1.165, 1.54) is 6.21 Å². The van der Waals surface area contributed by atoms with E-state index in [0.29, 0.717) is 38.7 Å². The highest BCUT2D eigenvalue weighted by atomic mass is 79.9. The van der Waals surface area contributed by atoms with Crippen LogP contribution in [0, 0.1) is 5.92 Å². The van der Waals surface area contributed by atoms with Gasteiger partial charge in [-0.3, -0.25) is 9.59 Å². The van der Waals surface area contributed by atoms with Crippen LogP contribution in [0.15, 0.2) is 46.0 Å². The molecule has 0 fully saturated rings. The van der Waals surface area contributed by atoms with E-state index < -0.39 is 11.9 Å². The van der Waals surface area contributed by atoms with E-state index in [0.717, 1.165) is 0 Å². The number of carbonyl (C=O) groups excluding carboxylic acids is 2. The maximum Gasteiger partial charge on any atom is 0.262 e. The zero-order chi connectivity index (χ0) is 23.0. The van der Waals surface area contributed by atoms with Crippen LogP contribution in [-0.2, 0) is 4.79 Å². The number of methoxy groups -OCH3 is 1. The van der Waals surface area contributed by atoms with Gasteiger partial charge in [0.1, 0.15) is 6.04 Å². The SMILES string of the molecule is CCOc1c(Br)cc(C=NNC(=O)C(NC(=O)c2cccc(Cl)c2)C(C)C)cc1OC. The smallest absolute Gasteiger partial charge is 0.262 e. The lowest BCUT2D eigenvalue weighted by molar-refractivity contribution is -0.123. The van der Waals surface area contributed by atoms with Crippen LogP contribution in [0.1, 0.15) is 36.7 Å². The Morgan fingerprint density at radius 2 is 2.00 bits per heavy atom. The van der Waals surface area contributed by atoms with Crippen LogP contribution in [0.4, 0.5) is 0 Å². The first-order chi connectivity index (χ1) is 14.8. The zero-order valence-corrected chi connectivity index (χ0v) is 20.1. The van der Waals surface area contributed by atoms with Crippen molar-refractivity contribution >= 4 is 45.6 Å². The molecule has 0 saturated carbocycles. The molecule has 0 spiro atoms. The van der Waals surface area contributed by atoms with Crippen molar-refractivity contribution in [3.8, 4) is 11.5 Å². The highest BCUT2D eigenvalue weighted by Crippen LogP contribution is 2.36. The lowest BCUT2D eigenvalue weighted by Crippen LogP contribution is -2.48. The summed E-state index contributed by atoms with van der Waals surface area (Å²) < 4.78 is 11.6. The molecule has 0 heterocycles. The molecule has 2 N–H and O–H groups in total. The van der Waals surface area contributed by atoms with E-state index in [1.807, 2.05) is 20.8 Å². The summed E-state index contributed by atoms with van der Waals surface area (Å²) in [4.78, 5) is 25.1. The molecule has 0 aliphatic carbocycles. The molecule has 2 aromatic rings. The molecular weight excluding hydrogens is 486 g/mol. The normalized spacial score (nSPS) is 12.0. The van der Waals surface area contributed by atoms with Gasteiger partial charge in [-0.2, -0.15) is 5.10 Å². The van der Waals surface area contributed by atoms with Gasteiger partial charge in [0.15, 0.2) is 11.5 Å². The fourth-order valence-corrected chi connectivity index (χ4v) is 3.49. The molecule has 0 aliphatic rings. The summed E-state index contributed by atoms with van der Waals surface area (Å²) in [5.74, 6) is 0.157. The average molecular weight is 511 g/mol. The molecular formula is C22H25BrClN3O4. The lowest BCUT2D eigenvalue weighted by Gasteiger charge is -2.20. The molecule has 7 nitrogen and oxygen atoms in total. The Bertz CT molecular complexity index is 966. The fourth-order valence-electron chi connectivity index (χ4n) is 2.73. The molecule has 0 radical (unpaired) electrons. The minimum Gasteiger partial charge on any atom is -0.493 e. The Morgan fingerprint density at radius 1 is 1.26 bits per heavy atom. The number of halogens is 2. The third-order valence-corrected chi connectivity index (χ3v) is 5.08. The monoisotopic (exact) mass is 509 g/mol. The summed E-state index contributed by atoms with van der Waals surface area (Å²) in [5, 5.41) is 7.19. The van der Waals surface area contributed by atoms with Gasteiger partial charge in [0.25, 0.3) is 11.8 Å². The maximum absolute atomic E-state index is 12.6. The Labute approximate surface area is 195 Å². The number of rotatable bonds is 9. The lowest BCUT2D eigenvalue weighted by atomic mass is 10.0. The second-order valence-electron chi connectivity index (χ2n) is 6.91. The first-order valence-electron chi connectivity index (χ1n) is 9.66. The Kier molecular flexibility index (Phi) is 9.33. The largest absolute Gasteiger partial charge is 0.493 e. The van der Waals surface area contributed by atoms with Crippen LogP contribution in [0.25, 0.3) is 0 Å². The van der Waals surface area contributed by atoms with Gasteiger partial charge in [-0.15, -0.1) is 0 Å². The second kappa shape index (κ2) is 11.7. The molecule has 0 bridgehead atoms. The van der Waals surface area contributed by atoms with Crippen molar-refractivity contribution in [1.29, 1.82) is 0 Å². The molecule has 0 aromatic heterocycles. The zero-order valence-electron chi connectivity index (χ0n) is 17.7. The van der Waals surface area contributed by atoms with Gasteiger partial charge in [-0.05, 0) is 64.7 Å².